The van der Waals surface area contributed by atoms with E-state index in [1.165, 1.54) is 89.5 Å². The molecule has 1 amide bonds. The largest absolute Gasteiger partial charge is 0.495 e. The third kappa shape index (κ3) is 19.3. The van der Waals surface area contributed by atoms with Gasteiger partial charge in [-0.05, 0) is 249 Å². The molecule has 8 aromatic heterocycles. The average molecular weight is 1700 g/mol. The summed E-state index contributed by atoms with van der Waals surface area (Å²) in [5, 5.41) is 35.7. The van der Waals surface area contributed by atoms with Crippen LogP contribution in [-0.2, 0) is 68.0 Å². The number of nitrogens with zero attached hydrogens (tertiary/aromatic N) is 21. The molecular weight excluding hydrogens is 1580 g/mol. The Hall–Kier alpha value is -11.5. The van der Waals surface area contributed by atoms with E-state index in [0.717, 1.165) is 238 Å². The van der Waals surface area contributed by atoms with E-state index in [9.17, 15) is 9.59 Å². The zero-order valence-corrected chi connectivity index (χ0v) is 74.6. The minimum absolute atomic E-state index is 0.116. The molecule has 31 nitrogen and oxygen atoms in total. The van der Waals surface area contributed by atoms with Crippen LogP contribution in [0.2, 0.25) is 0 Å². The molecule has 658 valence electrons. The van der Waals surface area contributed by atoms with Crippen LogP contribution in [0.4, 0.5) is 46.5 Å². The number of hydrogen-bond donors (Lipinski definition) is 4. The van der Waals surface area contributed by atoms with Crippen molar-refractivity contribution in [1.29, 1.82) is 0 Å². The number of likely N-dealkylation sites (tertiary alicyclic amines) is 1. The van der Waals surface area contributed by atoms with E-state index in [-0.39, 0.29) is 29.7 Å². The topological polar surface area (TPSA) is 310 Å². The van der Waals surface area contributed by atoms with Gasteiger partial charge in [0.2, 0.25) is 29.7 Å². The van der Waals surface area contributed by atoms with Gasteiger partial charge in [0.05, 0.1) is 128 Å². The fourth-order valence-electron chi connectivity index (χ4n) is 19.7. The van der Waals surface area contributed by atoms with Crippen LogP contribution in [0, 0.1) is 17.8 Å². The maximum absolute atomic E-state index is 11.9. The van der Waals surface area contributed by atoms with Gasteiger partial charge < -0.3 is 64.7 Å². The van der Waals surface area contributed by atoms with Gasteiger partial charge in [0, 0.05) is 96.5 Å². The van der Waals surface area contributed by atoms with Crippen LogP contribution in [-0.4, -0.2) is 211 Å². The number of ether oxygens (including phenoxy) is 4. The number of nitrogens with one attached hydrogen (secondary N) is 4. The summed E-state index contributed by atoms with van der Waals surface area (Å²) in [6, 6.07) is 18.4. The van der Waals surface area contributed by atoms with E-state index < -0.39 is 0 Å². The second-order valence-electron chi connectivity index (χ2n) is 35.9. The number of anilines is 8. The molecule has 4 N–H and O–H groups in total. The van der Waals surface area contributed by atoms with Crippen LogP contribution < -0.4 is 40.2 Å². The Labute approximate surface area is 731 Å². The SMILES string of the molecule is CCC1CCC(n2ncc3cnc(Nc4cc5c(cc4OC)CCN(C)C5)nc32)CC1.COc1cc2c(cc1Nc1ncc3cnn(C4CCC(C)CC4)c3n1)CN(C)CC2.COc1cc2c(cc1Nc1ncc3cnn(C4CCCC(C(C)=O)C4)c3n1)CN(C)CC2.COc1cc2c(cc1Nc1ncc3cnn(CC4CCCN4C(C)=O)c3n1)CN(C)CC2. The summed E-state index contributed by atoms with van der Waals surface area (Å²) in [4.78, 5) is 72.4. The molecule has 3 saturated carbocycles. The number of amides is 1. The van der Waals surface area contributed by atoms with Crippen molar-refractivity contribution in [2.24, 2.45) is 17.8 Å². The van der Waals surface area contributed by atoms with Crippen molar-refractivity contribution in [3.63, 3.8) is 0 Å². The third-order valence-electron chi connectivity index (χ3n) is 27.1. The van der Waals surface area contributed by atoms with Crippen molar-refractivity contribution in [2.75, 3.05) is 111 Å². The number of methoxy groups -OCH3 is 4. The molecule has 1 saturated heterocycles. The van der Waals surface area contributed by atoms with E-state index in [2.05, 4.69) is 181 Å². The summed E-state index contributed by atoms with van der Waals surface area (Å²) >= 11 is 0. The number of carbonyl (C=O) groups excluding carboxylic acids is 2. The molecule has 125 heavy (non-hydrogen) atoms. The number of aromatic nitrogens is 16. The Balaban J connectivity index is 0.000000118. The van der Waals surface area contributed by atoms with Gasteiger partial charge in [-0.15, -0.1) is 0 Å². The molecular formula is C94H121N25O6. The third-order valence-corrected chi connectivity index (χ3v) is 27.1. The molecule has 8 aliphatic rings. The highest BCUT2D eigenvalue weighted by molar-refractivity contribution is 5.81. The standard InChI is InChI=1S/C24H30N6O2.C24H32N6O.C23H29N7O2.C23H30N6O/c1-15(31)16-5-4-6-20(9-16)30-23-19(13-26-30)12-25-24(28-23)27-21-10-18-14-29(2)8-7-17(18)11-22(21)32-3;1-4-16-5-7-20(8-6-16)30-23-19(14-26-30)13-25-24(28-23)27-21-11-18-15-29(2)10-9-17(18)12-22(21)31-3;1-15(31)29-7-4-5-19(29)14-30-22-18(12-25-30)11-24-23(27-22)26-20-9-17-13-28(2)8-6-16(17)10-21(20)32-3;1-15-4-6-19(7-5-15)29-22-18(13-25-29)12-24-23(27-22)26-20-10-17-14-28(2)9-8-16(17)11-21(20)30-3/h10-13,16,20H,4-9,14H2,1-3H3,(H,25,27,28);11-14,16,20H,4-10,15H2,1-3H3,(H,25,27,28);9-12,19H,4-8,13-14H2,1-3H3,(H,24,26,27);10-13,15,19H,4-9,14H2,1-3H3,(H,24,26,27). The maximum Gasteiger partial charge on any atom is 0.229 e. The van der Waals surface area contributed by atoms with E-state index in [1.807, 2.05) is 45.2 Å². The molecule has 20 rings (SSSR count). The molecule has 13 heterocycles. The Bertz CT molecular complexity index is 5850. The summed E-state index contributed by atoms with van der Waals surface area (Å²) < 4.78 is 30.7. The maximum atomic E-state index is 11.9. The first-order chi connectivity index (χ1) is 60.8. The molecule has 4 aromatic carbocycles. The van der Waals surface area contributed by atoms with Crippen molar-refractivity contribution in [1.82, 2.24) is 103 Å². The van der Waals surface area contributed by atoms with Gasteiger partial charge in [-0.2, -0.15) is 40.3 Å². The molecule has 31 heteroatoms. The molecule has 0 bridgehead atoms. The lowest BCUT2D eigenvalue weighted by Crippen LogP contribution is -2.36. The van der Waals surface area contributed by atoms with Crippen LogP contribution >= 0.6 is 0 Å². The molecule has 0 spiro atoms. The van der Waals surface area contributed by atoms with Crippen LogP contribution in [0.3, 0.4) is 0 Å². The monoisotopic (exact) mass is 1700 g/mol. The highest BCUT2D eigenvalue weighted by Crippen LogP contribution is 2.42. The summed E-state index contributed by atoms with van der Waals surface area (Å²) in [7, 11) is 15.4. The van der Waals surface area contributed by atoms with Gasteiger partial charge in [-0.3, -0.25) is 9.59 Å². The van der Waals surface area contributed by atoms with E-state index >= 15 is 0 Å². The van der Waals surface area contributed by atoms with E-state index in [0.29, 0.717) is 42.4 Å². The zero-order chi connectivity index (χ0) is 86.5. The first-order valence-electron chi connectivity index (χ1n) is 45.0. The van der Waals surface area contributed by atoms with Crippen LogP contribution in [0.5, 0.6) is 23.0 Å². The summed E-state index contributed by atoms with van der Waals surface area (Å²) in [6.07, 6.45) is 35.7. The summed E-state index contributed by atoms with van der Waals surface area (Å²) in [6.45, 7) is 17.4. The van der Waals surface area contributed by atoms with Gasteiger partial charge in [-0.25, -0.2) is 38.7 Å². The number of rotatable bonds is 19. The van der Waals surface area contributed by atoms with Crippen LogP contribution in [0.25, 0.3) is 44.1 Å². The fourth-order valence-corrected chi connectivity index (χ4v) is 19.7. The van der Waals surface area contributed by atoms with Crippen molar-refractivity contribution in [3.05, 3.63) is 143 Å². The van der Waals surface area contributed by atoms with Gasteiger partial charge in [0.25, 0.3) is 0 Å². The Morgan fingerprint density at radius 3 is 1.13 bits per heavy atom. The molecule has 3 unspecified atom stereocenters. The number of likely N-dealkylation sites (N-methyl/N-ethyl adjacent to an activating group) is 4. The Morgan fingerprint density at radius 2 is 0.760 bits per heavy atom. The van der Waals surface area contributed by atoms with Crippen molar-refractivity contribution in [2.45, 2.75) is 207 Å². The average Bonchev–Trinajstić information content (AvgIpc) is 1.72. The first-order valence-corrected chi connectivity index (χ1v) is 45.0. The number of Topliss-reactive ketones (excluding diaryl/α,β-unsaturated/α-hetero) is 1. The minimum atomic E-state index is 0.116. The van der Waals surface area contributed by atoms with Crippen molar-refractivity contribution < 1.29 is 28.5 Å². The summed E-state index contributed by atoms with van der Waals surface area (Å²) in [5.41, 5.74) is 17.5. The molecule has 3 aliphatic carbocycles. The molecule has 0 radical (unpaired) electrons. The predicted molar refractivity (Wildman–Crippen MR) is 487 cm³/mol. The first kappa shape index (κ1) is 85.6. The molecule has 4 fully saturated rings. The zero-order valence-electron chi connectivity index (χ0n) is 74.6. The molecule has 3 atom stereocenters. The van der Waals surface area contributed by atoms with Gasteiger partial charge in [0.1, 0.15) is 28.8 Å². The number of carbonyl (C=O) groups is 2. The van der Waals surface area contributed by atoms with Gasteiger partial charge in [0.15, 0.2) is 22.6 Å². The number of fused-ring (bicyclic) bond motifs is 8. The lowest BCUT2D eigenvalue weighted by atomic mass is 9.83. The highest BCUT2D eigenvalue weighted by Gasteiger charge is 2.33. The van der Waals surface area contributed by atoms with Crippen LogP contribution in [0.1, 0.15) is 187 Å². The summed E-state index contributed by atoms with van der Waals surface area (Å²) in [5.74, 6) is 7.59. The van der Waals surface area contributed by atoms with Crippen LogP contribution in [0.15, 0.2) is 98.1 Å². The quantitative estimate of drug-likeness (QED) is 0.0584. The van der Waals surface area contributed by atoms with Gasteiger partial charge in [-0.1, -0.05) is 26.7 Å². The Kier molecular flexibility index (Phi) is 26.1. The second kappa shape index (κ2) is 38.1. The number of benzene rings is 4. The minimum Gasteiger partial charge on any atom is -0.495 e. The smallest absolute Gasteiger partial charge is 0.229 e. The second-order valence-corrected chi connectivity index (χ2v) is 35.9. The molecule has 5 aliphatic heterocycles. The van der Waals surface area contributed by atoms with Crippen molar-refractivity contribution >= 4 is 102 Å². The Morgan fingerprint density at radius 1 is 0.400 bits per heavy atom. The normalized spacial score (nSPS) is 21.0. The lowest BCUT2D eigenvalue weighted by molar-refractivity contribution is -0.129. The number of ketones is 1. The highest BCUT2D eigenvalue weighted by atomic mass is 16.5. The van der Waals surface area contributed by atoms with E-state index in [1.54, 1.807) is 60.9 Å². The fraction of sp³-hybridized carbons (Fsp3) is 0.511. The van der Waals surface area contributed by atoms with Gasteiger partial charge >= 0.3 is 0 Å². The molecule has 12 aromatic rings. The number of hydrogen-bond acceptors (Lipinski definition) is 26. The van der Waals surface area contributed by atoms with Crippen molar-refractivity contribution in [3.8, 4) is 23.0 Å². The van der Waals surface area contributed by atoms with E-state index in [4.69, 9.17) is 38.9 Å². The lowest BCUT2D eigenvalue weighted by Gasteiger charge is -2.28. The predicted octanol–water partition coefficient (Wildman–Crippen LogP) is 15.5.